The molecular weight excluding hydrogens is 412 g/mol. The third kappa shape index (κ3) is 3.74. The molecule has 5 aliphatic rings. The summed E-state index contributed by atoms with van der Waals surface area (Å²) in [6, 6.07) is 0. The maximum absolute atomic E-state index is 12.3. The number of ether oxygens (including phenoxy) is 2. The Morgan fingerprint density at radius 2 is 1.88 bits per heavy atom. The fourth-order valence-corrected chi connectivity index (χ4v) is 9.19. The predicted molar refractivity (Wildman–Crippen MR) is 128 cm³/mol. The Kier molecular flexibility index (Phi) is 5.67. The van der Waals surface area contributed by atoms with E-state index in [0.717, 1.165) is 25.7 Å². The van der Waals surface area contributed by atoms with Gasteiger partial charge >= 0.3 is 5.97 Å². The molecule has 1 heterocycles. The summed E-state index contributed by atoms with van der Waals surface area (Å²) < 4.78 is 12.1. The number of ketones is 1. The molecule has 0 amide bonds. The van der Waals surface area contributed by atoms with Crippen LogP contribution in [0, 0.1) is 40.4 Å². The molecule has 5 rings (SSSR count). The topological polar surface area (TPSA) is 55.9 Å². The first-order valence-electron chi connectivity index (χ1n) is 13.6. The van der Waals surface area contributed by atoms with Crippen LogP contribution in [0.25, 0.3) is 0 Å². The van der Waals surface area contributed by atoms with Gasteiger partial charge in [0.25, 0.3) is 0 Å². The second-order valence-corrected chi connectivity index (χ2v) is 13.1. The van der Waals surface area contributed by atoms with Crippen molar-refractivity contribution in [2.75, 3.05) is 0 Å². The van der Waals surface area contributed by atoms with Gasteiger partial charge in [0, 0.05) is 18.8 Å². The highest BCUT2D eigenvalue weighted by Crippen LogP contribution is 2.68. The average Bonchev–Trinajstić information content (AvgIpc) is 3.18. The van der Waals surface area contributed by atoms with Gasteiger partial charge in [-0.25, -0.2) is 0 Å². The first-order chi connectivity index (χ1) is 15.5. The molecule has 0 aromatic rings. The van der Waals surface area contributed by atoms with Gasteiger partial charge in [0.2, 0.25) is 0 Å². The van der Waals surface area contributed by atoms with Gasteiger partial charge in [0.15, 0.2) is 5.78 Å². The summed E-state index contributed by atoms with van der Waals surface area (Å²) in [7, 11) is 0. The van der Waals surface area contributed by atoms with Crippen LogP contribution < -0.4 is 0 Å². The minimum absolute atomic E-state index is 0.0152. The molecule has 1 saturated heterocycles. The van der Waals surface area contributed by atoms with Crippen molar-refractivity contribution in [3.63, 3.8) is 0 Å². The van der Waals surface area contributed by atoms with Gasteiger partial charge < -0.3 is 9.47 Å². The van der Waals surface area contributed by atoms with Crippen molar-refractivity contribution in [2.45, 2.75) is 117 Å². The van der Waals surface area contributed by atoms with E-state index in [0.29, 0.717) is 47.9 Å². The maximum atomic E-state index is 12.3. The predicted octanol–water partition coefficient (Wildman–Crippen LogP) is 6.27. The lowest BCUT2D eigenvalue weighted by Crippen LogP contribution is -2.57. The summed E-state index contributed by atoms with van der Waals surface area (Å²) in [4.78, 5) is 24.5. The van der Waals surface area contributed by atoms with Crippen molar-refractivity contribution in [1.82, 2.24) is 0 Å². The number of allylic oxidation sites excluding steroid dienone is 1. The molecule has 184 valence electrons. The fourth-order valence-electron chi connectivity index (χ4n) is 9.19. The van der Waals surface area contributed by atoms with E-state index >= 15 is 0 Å². The first kappa shape index (κ1) is 23.6. The second-order valence-electron chi connectivity index (χ2n) is 13.1. The lowest BCUT2D eigenvalue weighted by molar-refractivity contribution is -0.181. The van der Waals surface area contributed by atoms with Crippen LogP contribution in [0.2, 0.25) is 0 Å². The van der Waals surface area contributed by atoms with E-state index in [1.165, 1.54) is 31.3 Å². The molecule has 4 heteroatoms. The Morgan fingerprint density at radius 1 is 1.15 bits per heavy atom. The van der Waals surface area contributed by atoms with Gasteiger partial charge in [0.05, 0.1) is 11.7 Å². The summed E-state index contributed by atoms with van der Waals surface area (Å²) in [6.45, 7) is 13.3. The van der Waals surface area contributed by atoms with E-state index in [1.54, 1.807) is 6.92 Å². The minimum Gasteiger partial charge on any atom is -0.462 e. The number of carbonyl (C=O) groups excluding carboxylic acids is 2. The van der Waals surface area contributed by atoms with Crippen LogP contribution in [0.1, 0.15) is 99.3 Å². The number of esters is 1. The van der Waals surface area contributed by atoms with Crippen LogP contribution in [0.3, 0.4) is 0 Å². The van der Waals surface area contributed by atoms with Crippen LogP contribution in [-0.2, 0) is 19.1 Å². The highest BCUT2D eigenvalue weighted by atomic mass is 16.6. The molecule has 1 aliphatic heterocycles. The number of hydrogen-bond acceptors (Lipinski definition) is 4. The SMILES string of the molecule is CC(=O)O[C@@H]1C[C@H]2[C@@H](CCC3=CC(=O)CC[C@@]32C)[C@@H]2CC[C@H]([C@H](C)CCC3OC3(C)C)[C@@]12C. The molecule has 1 unspecified atom stereocenters. The van der Waals surface area contributed by atoms with Crippen molar-refractivity contribution >= 4 is 11.8 Å². The van der Waals surface area contributed by atoms with Gasteiger partial charge in [-0.15, -0.1) is 0 Å². The fraction of sp³-hybridized carbons (Fsp3) is 0.862. The Morgan fingerprint density at radius 3 is 2.55 bits per heavy atom. The third-order valence-corrected chi connectivity index (χ3v) is 11.2. The summed E-state index contributed by atoms with van der Waals surface area (Å²) in [6.07, 6.45) is 12.0. The molecule has 9 atom stereocenters. The maximum Gasteiger partial charge on any atom is 0.302 e. The minimum atomic E-state index is -0.139. The number of hydrogen-bond donors (Lipinski definition) is 0. The van der Waals surface area contributed by atoms with Crippen molar-refractivity contribution in [1.29, 1.82) is 0 Å². The van der Waals surface area contributed by atoms with E-state index in [4.69, 9.17) is 9.47 Å². The monoisotopic (exact) mass is 456 g/mol. The third-order valence-electron chi connectivity index (χ3n) is 11.2. The average molecular weight is 457 g/mol. The van der Waals surface area contributed by atoms with Gasteiger partial charge in [-0.2, -0.15) is 0 Å². The van der Waals surface area contributed by atoms with Crippen molar-refractivity contribution in [2.24, 2.45) is 40.4 Å². The number of fused-ring (bicyclic) bond motifs is 5. The summed E-state index contributed by atoms with van der Waals surface area (Å²) in [5.41, 5.74) is 1.58. The molecule has 4 nitrogen and oxygen atoms in total. The van der Waals surface area contributed by atoms with Crippen molar-refractivity contribution in [3.8, 4) is 0 Å². The Hall–Kier alpha value is -1.16. The molecule has 0 radical (unpaired) electrons. The number of rotatable bonds is 5. The van der Waals surface area contributed by atoms with E-state index in [-0.39, 0.29) is 28.5 Å². The van der Waals surface area contributed by atoms with Crippen LogP contribution in [0.5, 0.6) is 0 Å². The van der Waals surface area contributed by atoms with E-state index in [1.807, 2.05) is 6.08 Å². The molecule has 4 aliphatic carbocycles. The zero-order valence-electron chi connectivity index (χ0n) is 21.6. The van der Waals surface area contributed by atoms with Gasteiger partial charge in [-0.05, 0) is 106 Å². The van der Waals surface area contributed by atoms with Crippen molar-refractivity contribution < 1.29 is 19.1 Å². The molecule has 0 bridgehead atoms. The van der Waals surface area contributed by atoms with Gasteiger partial charge in [-0.3, -0.25) is 9.59 Å². The molecule has 0 N–H and O–H groups in total. The lowest BCUT2D eigenvalue weighted by Gasteiger charge is -2.60. The molecule has 33 heavy (non-hydrogen) atoms. The highest BCUT2D eigenvalue weighted by molar-refractivity contribution is 5.91. The normalized spacial score (nSPS) is 46.5. The van der Waals surface area contributed by atoms with Crippen LogP contribution in [0.4, 0.5) is 0 Å². The van der Waals surface area contributed by atoms with Crippen LogP contribution in [0.15, 0.2) is 11.6 Å². The molecule has 0 aromatic heterocycles. The molecule has 4 fully saturated rings. The lowest BCUT2D eigenvalue weighted by atomic mass is 9.45. The smallest absolute Gasteiger partial charge is 0.302 e. The second kappa shape index (κ2) is 7.93. The molecule has 0 spiro atoms. The zero-order chi connectivity index (χ0) is 23.8. The summed E-state index contributed by atoms with van der Waals surface area (Å²) in [5, 5.41) is 0. The quantitative estimate of drug-likeness (QED) is 0.361. The van der Waals surface area contributed by atoms with Crippen LogP contribution in [-0.4, -0.2) is 29.6 Å². The largest absolute Gasteiger partial charge is 0.462 e. The molecule has 3 saturated carbocycles. The van der Waals surface area contributed by atoms with Gasteiger partial charge in [-0.1, -0.05) is 26.3 Å². The molecule has 0 aromatic carbocycles. The summed E-state index contributed by atoms with van der Waals surface area (Å²) in [5.74, 6) is 3.17. The van der Waals surface area contributed by atoms with Crippen molar-refractivity contribution in [3.05, 3.63) is 11.6 Å². The Balaban J connectivity index is 1.42. The van der Waals surface area contributed by atoms with Crippen LogP contribution >= 0.6 is 0 Å². The van der Waals surface area contributed by atoms with Gasteiger partial charge in [0.1, 0.15) is 6.10 Å². The Labute approximate surface area is 200 Å². The molecular formula is C29H44O4. The van der Waals surface area contributed by atoms with E-state index in [2.05, 4.69) is 34.6 Å². The van der Waals surface area contributed by atoms with E-state index < -0.39 is 0 Å². The first-order valence-corrected chi connectivity index (χ1v) is 13.6. The zero-order valence-corrected chi connectivity index (χ0v) is 21.6. The summed E-state index contributed by atoms with van der Waals surface area (Å²) >= 11 is 0. The Bertz CT molecular complexity index is 858. The number of carbonyl (C=O) groups is 2. The highest BCUT2D eigenvalue weighted by Gasteiger charge is 2.64. The van der Waals surface area contributed by atoms with E-state index in [9.17, 15) is 9.59 Å². The standard InChI is InChI=1S/C29H44O4/c1-17(7-12-25-27(3,4)33-25)22-10-11-23-21-9-8-19-15-20(31)13-14-28(19,5)24(21)16-26(29(22,23)6)32-18(2)30/h15,17,21-26H,7-14,16H2,1-6H3/t17-,21+,22-,23+,24+,25?,26-,28+,29-/m1/s1. The number of epoxide rings is 1.